The van der Waals surface area contributed by atoms with E-state index in [1.54, 1.807) is 18.2 Å². The Kier molecular flexibility index (Phi) is 6.99. The summed E-state index contributed by atoms with van der Waals surface area (Å²) in [6, 6.07) is 12.2. The van der Waals surface area contributed by atoms with Crippen LogP contribution in [0.15, 0.2) is 42.0 Å². The van der Waals surface area contributed by atoms with Crippen LogP contribution in [0.1, 0.15) is 23.6 Å². The zero-order chi connectivity index (χ0) is 21.6. The van der Waals surface area contributed by atoms with Crippen molar-refractivity contribution in [2.45, 2.75) is 26.9 Å². The van der Waals surface area contributed by atoms with Crippen molar-refractivity contribution in [2.75, 3.05) is 12.4 Å². The van der Waals surface area contributed by atoms with Gasteiger partial charge in [-0.05, 0) is 56.2 Å². The Morgan fingerprint density at radius 2 is 1.90 bits per heavy atom. The molecule has 0 aliphatic rings. The molecule has 2 N–H and O–H groups in total. The van der Waals surface area contributed by atoms with Gasteiger partial charge in [-0.25, -0.2) is 4.79 Å². The summed E-state index contributed by atoms with van der Waals surface area (Å²) < 4.78 is 10.6. The van der Waals surface area contributed by atoms with E-state index in [1.807, 2.05) is 32.0 Å². The highest BCUT2D eigenvalue weighted by Gasteiger charge is 2.16. The molecule has 1 amide bonds. The number of nitrogens with one attached hydrogen (secondary N) is 1. The highest BCUT2D eigenvalue weighted by molar-refractivity contribution is 6.10. The number of ether oxygens (including phenoxy) is 2. The number of anilines is 1. The predicted molar refractivity (Wildman–Crippen MR) is 109 cm³/mol. The second-order valence-corrected chi connectivity index (χ2v) is 6.45. The van der Waals surface area contributed by atoms with Gasteiger partial charge < -0.3 is 19.9 Å². The number of hydrogen-bond acceptors (Lipinski definition) is 5. The van der Waals surface area contributed by atoms with E-state index in [0.717, 1.165) is 11.1 Å². The number of methoxy groups -OCH3 is 1. The van der Waals surface area contributed by atoms with Crippen molar-refractivity contribution in [1.82, 2.24) is 0 Å². The molecule has 0 saturated carbocycles. The predicted octanol–water partition coefficient (Wildman–Crippen LogP) is 3.71. The third-order valence-electron chi connectivity index (χ3n) is 4.15. The van der Waals surface area contributed by atoms with Gasteiger partial charge in [-0.3, -0.25) is 4.79 Å². The first-order chi connectivity index (χ1) is 13.7. The Labute approximate surface area is 169 Å². The summed E-state index contributed by atoms with van der Waals surface area (Å²) >= 11 is 0. The number of benzene rings is 2. The monoisotopic (exact) mass is 394 g/mol. The Bertz CT molecular complexity index is 1000. The molecule has 150 valence electrons. The van der Waals surface area contributed by atoms with Crippen molar-refractivity contribution in [1.29, 1.82) is 5.26 Å². The van der Waals surface area contributed by atoms with E-state index in [1.165, 1.54) is 26.2 Å². The number of nitrogens with zero attached hydrogens (tertiary/aromatic N) is 1. The maximum Gasteiger partial charge on any atom is 0.344 e. The molecule has 7 nitrogen and oxygen atoms in total. The fraction of sp³-hybridized carbons (Fsp3) is 0.227. The molecule has 0 bridgehead atoms. The highest BCUT2D eigenvalue weighted by Crippen LogP contribution is 2.30. The minimum Gasteiger partial charge on any atom is -0.493 e. The van der Waals surface area contributed by atoms with Crippen LogP contribution in [-0.2, 0) is 9.59 Å². The molecule has 0 aliphatic heterocycles. The number of hydrogen-bond donors (Lipinski definition) is 2. The second-order valence-electron chi connectivity index (χ2n) is 6.45. The number of carbonyl (C=O) groups is 2. The molecule has 0 aromatic heterocycles. The Morgan fingerprint density at radius 3 is 2.48 bits per heavy atom. The van der Waals surface area contributed by atoms with E-state index in [4.69, 9.17) is 14.6 Å². The molecule has 0 spiro atoms. The third kappa shape index (κ3) is 5.59. The van der Waals surface area contributed by atoms with Crippen molar-refractivity contribution < 1.29 is 24.2 Å². The van der Waals surface area contributed by atoms with E-state index in [2.05, 4.69) is 5.32 Å². The number of carboxylic acid groups (broad SMARTS) is 1. The van der Waals surface area contributed by atoms with Crippen molar-refractivity contribution in [3.05, 3.63) is 58.7 Å². The fourth-order valence-electron chi connectivity index (χ4n) is 2.57. The maximum atomic E-state index is 12.5. The van der Waals surface area contributed by atoms with Crippen LogP contribution in [0, 0.1) is 25.2 Å². The topological polar surface area (TPSA) is 109 Å². The van der Waals surface area contributed by atoms with Crippen LogP contribution < -0.4 is 14.8 Å². The molecule has 0 unspecified atom stereocenters. The number of carboxylic acids is 1. The molecule has 2 aromatic rings. The largest absolute Gasteiger partial charge is 0.493 e. The van der Waals surface area contributed by atoms with Crippen LogP contribution in [0.3, 0.4) is 0 Å². The fourth-order valence-corrected chi connectivity index (χ4v) is 2.57. The number of aliphatic carboxylic acids is 1. The number of aryl methyl sites for hydroxylation is 2. The number of nitriles is 1. The van der Waals surface area contributed by atoms with Gasteiger partial charge >= 0.3 is 5.97 Å². The van der Waals surface area contributed by atoms with Gasteiger partial charge in [0.1, 0.15) is 11.6 Å². The average molecular weight is 394 g/mol. The first-order valence-electron chi connectivity index (χ1n) is 8.83. The van der Waals surface area contributed by atoms with E-state index < -0.39 is 18.0 Å². The lowest BCUT2D eigenvalue weighted by Gasteiger charge is -2.14. The van der Waals surface area contributed by atoms with Crippen molar-refractivity contribution in [3.8, 4) is 17.6 Å². The van der Waals surface area contributed by atoms with Gasteiger partial charge in [0.25, 0.3) is 5.91 Å². The number of carbonyl (C=O) groups excluding carboxylic acids is 1. The second kappa shape index (κ2) is 9.42. The molecule has 0 heterocycles. The number of rotatable bonds is 7. The van der Waals surface area contributed by atoms with Crippen LogP contribution in [0.2, 0.25) is 0 Å². The lowest BCUT2D eigenvalue weighted by atomic mass is 10.1. The molecule has 0 aliphatic carbocycles. The standard InChI is InChI=1S/C22H22N2O5/c1-13-5-7-18(14(2)9-13)24-21(25)17(12-23)10-16-6-8-19(20(11-16)28-4)29-15(3)22(26)27/h5-11,15H,1-4H3,(H,24,25)(H,26,27)/b17-10-/t15-/m1/s1. The highest BCUT2D eigenvalue weighted by atomic mass is 16.5. The minimum absolute atomic E-state index is 0.0837. The van der Waals surface area contributed by atoms with Crippen molar-refractivity contribution in [2.24, 2.45) is 0 Å². The van der Waals surface area contributed by atoms with Crippen molar-refractivity contribution >= 4 is 23.6 Å². The molecule has 0 fully saturated rings. The summed E-state index contributed by atoms with van der Waals surface area (Å²) in [4.78, 5) is 23.5. The summed E-state index contributed by atoms with van der Waals surface area (Å²) in [7, 11) is 1.42. The quantitative estimate of drug-likeness (QED) is 0.547. The first-order valence-corrected chi connectivity index (χ1v) is 8.83. The Morgan fingerprint density at radius 1 is 1.17 bits per heavy atom. The Hall–Kier alpha value is -3.79. The maximum absolute atomic E-state index is 12.5. The van der Waals surface area contributed by atoms with Gasteiger partial charge in [0.05, 0.1) is 7.11 Å². The summed E-state index contributed by atoms with van der Waals surface area (Å²) in [5, 5.41) is 21.1. The molecule has 2 rings (SSSR count). The van der Waals surface area contributed by atoms with Gasteiger partial charge in [0.15, 0.2) is 17.6 Å². The lowest BCUT2D eigenvalue weighted by Crippen LogP contribution is -2.23. The zero-order valence-corrected chi connectivity index (χ0v) is 16.6. The van der Waals surface area contributed by atoms with E-state index in [9.17, 15) is 14.9 Å². The zero-order valence-electron chi connectivity index (χ0n) is 16.6. The SMILES string of the molecule is COc1cc(/C=C(/C#N)C(=O)Nc2ccc(C)cc2C)ccc1O[C@H](C)C(=O)O. The molecule has 7 heteroatoms. The van der Waals surface area contributed by atoms with Crippen LogP contribution in [-0.4, -0.2) is 30.2 Å². The average Bonchev–Trinajstić information content (AvgIpc) is 2.68. The summed E-state index contributed by atoms with van der Waals surface area (Å²) in [6.07, 6.45) is 0.370. The van der Waals surface area contributed by atoms with Crippen LogP contribution in [0.4, 0.5) is 5.69 Å². The van der Waals surface area contributed by atoms with E-state index in [0.29, 0.717) is 17.0 Å². The normalized spacial score (nSPS) is 11.9. The third-order valence-corrected chi connectivity index (χ3v) is 4.15. The first kappa shape index (κ1) is 21.5. The van der Waals surface area contributed by atoms with Crippen LogP contribution >= 0.6 is 0 Å². The summed E-state index contributed by atoms with van der Waals surface area (Å²) in [5.41, 5.74) is 3.05. The molecule has 0 radical (unpaired) electrons. The smallest absolute Gasteiger partial charge is 0.344 e. The molecule has 1 atom stereocenters. The number of amides is 1. The van der Waals surface area contributed by atoms with Gasteiger partial charge in [-0.2, -0.15) is 5.26 Å². The molecule has 29 heavy (non-hydrogen) atoms. The summed E-state index contributed by atoms with van der Waals surface area (Å²) in [6.45, 7) is 5.23. The van der Waals surface area contributed by atoms with Gasteiger partial charge in [-0.15, -0.1) is 0 Å². The minimum atomic E-state index is -1.11. The van der Waals surface area contributed by atoms with Crippen LogP contribution in [0.25, 0.3) is 6.08 Å². The molecular formula is C22H22N2O5. The van der Waals surface area contributed by atoms with Gasteiger partial charge in [0.2, 0.25) is 0 Å². The Balaban J connectivity index is 2.26. The van der Waals surface area contributed by atoms with Crippen LogP contribution in [0.5, 0.6) is 11.5 Å². The molecule has 0 saturated heterocycles. The van der Waals surface area contributed by atoms with Gasteiger partial charge in [-0.1, -0.05) is 23.8 Å². The lowest BCUT2D eigenvalue weighted by molar-refractivity contribution is -0.144. The van der Waals surface area contributed by atoms with Crippen molar-refractivity contribution in [3.63, 3.8) is 0 Å². The molecular weight excluding hydrogens is 372 g/mol. The molecule has 2 aromatic carbocycles. The van der Waals surface area contributed by atoms with Gasteiger partial charge in [0, 0.05) is 5.69 Å². The van der Waals surface area contributed by atoms with E-state index in [-0.39, 0.29) is 11.3 Å². The van der Waals surface area contributed by atoms with E-state index >= 15 is 0 Å². The summed E-state index contributed by atoms with van der Waals surface area (Å²) in [5.74, 6) is -1.10.